The van der Waals surface area contributed by atoms with E-state index in [-0.39, 0.29) is 0 Å². The van der Waals surface area contributed by atoms with Crippen LogP contribution in [0.1, 0.15) is 6.42 Å². The molecular weight excluding hydrogens is 218 g/mol. The Morgan fingerprint density at radius 1 is 1.47 bits per heavy atom. The summed E-state index contributed by atoms with van der Waals surface area (Å²) < 4.78 is 25.6. The fourth-order valence-electron chi connectivity index (χ4n) is 0.953. The molecule has 80 valence electrons. The van der Waals surface area contributed by atoms with Crippen LogP contribution >= 0.6 is 11.8 Å². The van der Waals surface area contributed by atoms with Crippen molar-refractivity contribution in [2.75, 3.05) is 5.75 Å². The van der Waals surface area contributed by atoms with Crippen LogP contribution in [0, 0.1) is 23.0 Å². The van der Waals surface area contributed by atoms with Crippen LogP contribution in [-0.4, -0.2) is 11.8 Å². The highest BCUT2D eigenvalue weighted by molar-refractivity contribution is 7.99. The highest BCUT2D eigenvalue weighted by Crippen LogP contribution is 2.23. The van der Waals surface area contributed by atoms with Crippen LogP contribution in [0.25, 0.3) is 0 Å². The summed E-state index contributed by atoms with van der Waals surface area (Å²) in [6, 6.07) is 4.78. The number of benzene rings is 1. The first-order chi connectivity index (χ1) is 7.13. The van der Waals surface area contributed by atoms with Crippen molar-refractivity contribution in [2.24, 2.45) is 5.73 Å². The lowest BCUT2D eigenvalue weighted by Crippen LogP contribution is -2.17. The zero-order valence-corrected chi connectivity index (χ0v) is 8.73. The summed E-state index contributed by atoms with van der Waals surface area (Å²) in [4.78, 5) is 0.376. The van der Waals surface area contributed by atoms with Gasteiger partial charge >= 0.3 is 0 Å². The van der Waals surface area contributed by atoms with Crippen LogP contribution in [0.3, 0.4) is 0 Å². The number of nitriles is 1. The molecule has 15 heavy (non-hydrogen) atoms. The number of hydrogen-bond acceptors (Lipinski definition) is 3. The molecule has 2 nitrogen and oxygen atoms in total. The molecule has 0 saturated carbocycles. The van der Waals surface area contributed by atoms with Gasteiger partial charge in [0.25, 0.3) is 0 Å². The topological polar surface area (TPSA) is 49.8 Å². The number of halogens is 2. The third-order valence-electron chi connectivity index (χ3n) is 1.75. The second-order valence-electron chi connectivity index (χ2n) is 2.95. The summed E-state index contributed by atoms with van der Waals surface area (Å²) in [7, 11) is 0. The van der Waals surface area contributed by atoms with Gasteiger partial charge in [-0.1, -0.05) is 0 Å². The van der Waals surface area contributed by atoms with Gasteiger partial charge in [-0.25, -0.2) is 8.78 Å². The summed E-state index contributed by atoms with van der Waals surface area (Å²) in [6.07, 6.45) is 0.484. The molecule has 0 radical (unpaired) electrons. The molecule has 0 aliphatic carbocycles. The van der Waals surface area contributed by atoms with Crippen molar-refractivity contribution in [3.8, 4) is 6.07 Å². The van der Waals surface area contributed by atoms with E-state index in [0.717, 1.165) is 6.07 Å². The molecule has 1 atom stereocenters. The van der Waals surface area contributed by atoms with Gasteiger partial charge in [-0.3, -0.25) is 0 Å². The third-order valence-corrected chi connectivity index (χ3v) is 2.83. The molecule has 1 unspecified atom stereocenters. The molecule has 1 aromatic rings. The van der Waals surface area contributed by atoms with Crippen LogP contribution in [0.5, 0.6) is 0 Å². The minimum atomic E-state index is -0.592. The maximum absolute atomic E-state index is 13.1. The molecule has 0 spiro atoms. The van der Waals surface area contributed by atoms with Crippen LogP contribution in [0.15, 0.2) is 23.1 Å². The first-order valence-electron chi connectivity index (χ1n) is 4.36. The Labute approximate surface area is 91.1 Å². The van der Waals surface area contributed by atoms with E-state index in [1.807, 2.05) is 6.07 Å². The van der Waals surface area contributed by atoms with Gasteiger partial charge < -0.3 is 5.73 Å². The molecule has 0 aliphatic heterocycles. The van der Waals surface area contributed by atoms with E-state index in [1.165, 1.54) is 23.9 Å². The smallest absolute Gasteiger partial charge is 0.139 e. The highest BCUT2D eigenvalue weighted by atomic mass is 32.2. The second-order valence-corrected chi connectivity index (χ2v) is 4.08. The van der Waals surface area contributed by atoms with Crippen LogP contribution < -0.4 is 5.73 Å². The normalized spacial score (nSPS) is 12.1. The average Bonchev–Trinajstić information content (AvgIpc) is 2.21. The summed E-state index contributed by atoms with van der Waals surface area (Å²) in [5.41, 5.74) is 5.37. The minimum absolute atomic E-state index is 0.376. The standard InChI is InChI=1S/C10H10F2N2S/c11-7-1-2-10(9(12)5-7)15-4-3-8(14)6-13/h1-2,5,8H,3-4,14H2. The van der Waals surface area contributed by atoms with Crippen LogP contribution in [0.4, 0.5) is 8.78 Å². The lowest BCUT2D eigenvalue weighted by Gasteiger charge is -2.04. The Morgan fingerprint density at radius 3 is 2.80 bits per heavy atom. The van der Waals surface area contributed by atoms with Crippen LogP contribution in [0.2, 0.25) is 0 Å². The molecule has 5 heteroatoms. The first-order valence-corrected chi connectivity index (χ1v) is 5.35. The molecule has 0 heterocycles. The maximum Gasteiger partial charge on any atom is 0.139 e. The lowest BCUT2D eigenvalue weighted by molar-refractivity contribution is 0.565. The predicted molar refractivity (Wildman–Crippen MR) is 55.3 cm³/mol. The molecule has 0 aromatic heterocycles. The van der Waals surface area contributed by atoms with Gasteiger partial charge in [-0.15, -0.1) is 11.8 Å². The summed E-state index contributed by atoms with van der Waals surface area (Å²) in [5.74, 6) is -0.631. The van der Waals surface area contributed by atoms with E-state index < -0.39 is 17.7 Å². The van der Waals surface area contributed by atoms with Gasteiger partial charge in [0.2, 0.25) is 0 Å². The van der Waals surface area contributed by atoms with Gasteiger partial charge in [-0.2, -0.15) is 5.26 Å². The van der Waals surface area contributed by atoms with E-state index in [2.05, 4.69) is 0 Å². The monoisotopic (exact) mass is 228 g/mol. The molecule has 2 N–H and O–H groups in total. The fraction of sp³-hybridized carbons (Fsp3) is 0.300. The molecular formula is C10H10F2N2S. The SMILES string of the molecule is N#CC(N)CCSc1ccc(F)cc1F. The van der Waals surface area contributed by atoms with Crippen molar-refractivity contribution in [2.45, 2.75) is 17.4 Å². The van der Waals surface area contributed by atoms with Gasteiger partial charge in [0, 0.05) is 16.7 Å². The molecule has 0 saturated heterocycles. The first kappa shape index (κ1) is 12.0. The van der Waals surface area contributed by atoms with E-state index >= 15 is 0 Å². The quantitative estimate of drug-likeness (QED) is 0.804. The maximum atomic E-state index is 13.1. The fourth-order valence-corrected chi connectivity index (χ4v) is 1.91. The minimum Gasteiger partial charge on any atom is -0.316 e. The van der Waals surface area contributed by atoms with Gasteiger partial charge in [-0.05, 0) is 18.6 Å². The Hall–Kier alpha value is -1.12. The largest absolute Gasteiger partial charge is 0.316 e. The number of thioether (sulfide) groups is 1. The molecule has 0 bridgehead atoms. The van der Waals surface area contributed by atoms with Crippen molar-refractivity contribution in [1.29, 1.82) is 5.26 Å². The molecule has 0 amide bonds. The lowest BCUT2D eigenvalue weighted by atomic mass is 10.3. The molecule has 1 rings (SSSR count). The second kappa shape index (κ2) is 5.69. The van der Waals surface area contributed by atoms with Gasteiger partial charge in [0.05, 0.1) is 12.1 Å². The Morgan fingerprint density at radius 2 is 2.20 bits per heavy atom. The Balaban J connectivity index is 2.48. The van der Waals surface area contributed by atoms with E-state index in [9.17, 15) is 8.78 Å². The van der Waals surface area contributed by atoms with E-state index in [0.29, 0.717) is 17.1 Å². The van der Waals surface area contributed by atoms with Crippen molar-refractivity contribution in [3.05, 3.63) is 29.8 Å². The predicted octanol–water partition coefficient (Wildman–Crippen LogP) is 2.30. The number of rotatable bonds is 4. The summed E-state index contributed by atoms with van der Waals surface area (Å²) in [6.45, 7) is 0. The number of hydrogen-bond donors (Lipinski definition) is 1. The molecule has 0 aliphatic rings. The Bertz CT molecular complexity index is 376. The van der Waals surface area contributed by atoms with Gasteiger partial charge in [0.15, 0.2) is 0 Å². The van der Waals surface area contributed by atoms with Crippen molar-refractivity contribution < 1.29 is 8.78 Å². The Kier molecular flexibility index (Phi) is 4.53. The zero-order chi connectivity index (χ0) is 11.3. The average molecular weight is 228 g/mol. The van der Waals surface area contributed by atoms with Gasteiger partial charge in [0.1, 0.15) is 11.6 Å². The van der Waals surface area contributed by atoms with Crippen LogP contribution in [-0.2, 0) is 0 Å². The third kappa shape index (κ3) is 3.86. The highest BCUT2D eigenvalue weighted by Gasteiger charge is 2.05. The van der Waals surface area contributed by atoms with E-state index in [1.54, 1.807) is 0 Å². The molecule has 1 aromatic carbocycles. The number of nitrogens with two attached hydrogens (primary N) is 1. The molecule has 0 fully saturated rings. The van der Waals surface area contributed by atoms with Crippen molar-refractivity contribution in [3.63, 3.8) is 0 Å². The summed E-state index contributed by atoms with van der Waals surface area (Å²) >= 11 is 1.23. The van der Waals surface area contributed by atoms with Crippen molar-refractivity contribution >= 4 is 11.8 Å². The van der Waals surface area contributed by atoms with Crippen molar-refractivity contribution in [1.82, 2.24) is 0 Å². The summed E-state index contributed by atoms with van der Waals surface area (Å²) in [5, 5.41) is 8.42. The zero-order valence-electron chi connectivity index (χ0n) is 7.91. The van der Waals surface area contributed by atoms with E-state index in [4.69, 9.17) is 11.0 Å². The number of nitrogens with zero attached hydrogens (tertiary/aromatic N) is 1.